The summed E-state index contributed by atoms with van der Waals surface area (Å²) in [5.74, 6) is -5.87. The highest BCUT2D eigenvalue weighted by molar-refractivity contribution is 5.94. The number of carbonyl (C=O) groups is 8. The molecule has 1 aliphatic heterocycles. The average Bonchev–Trinajstić information content (AvgIpc) is 2.72. The predicted molar refractivity (Wildman–Crippen MR) is 340 cm³/mol. The number of esters is 4. The van der Waals surface area contributed by atoms with E-state index in [-0.39, 0.29) is 73.0 Å². The molecule has 1 fully saturated rings. The van der Waals surface area contributed by atoms with Crippen LogP contribution in [0.5, 0.6) is 0 Å². The van der Waals surface area contributed by atoms with E-state index in [2.05, 4.69) is 61.7 Å². The van der Waals surface area contributed by atoms with Gasteiger partial charge in [0.05, 0.1) is 13.1 Å². The number of hydrogen-bond donors (Lipinski definition) is 0. The summed E-state index contributed by atoms with van der Waals surface area (Å²) in [5.41, 5.74) is 2.93. The number of benzene rings is 2. The molecule has 90 heavy (non-hydrogen) atoms. The van der Waals surface area contributed by atoms with Crippen LogP contribution in [0.25, 0.3) is 0 Å². The highest BCUT2D eigenvalue weighted by atomic mass is 16.6. The van der Waals surface area contributed by atoms with Gasteiger partial charge in [-0.1, -0.05) is 145 Å². The standard InChI is InChI=1S/C68H102N10O12/c1-41(2)29-51-63(83)87-45(9)59(79)73(17)54(32-44(7)8)66(86)90-56(34-48-23-27-50(28-24-48)38-78-58(70-40-72-78)36-68(14,15)16)62(82)76(20)52(30-42(3)4)64(84)88-46(10)60(80)74(18)53(31-43(5)6)65(85)89-55(61(81)75(51)19)33-47-21-25-49(26-22-47)37-77-57(69-39-71-77)35-67(11,12)13/h21-28,39-46,51-56H,29-38H2,1-20H3/t45-,46-,51+,52+,53+,54+,55-,56-/m1/s1. The molecule has 0 N–H and O–H groups in total. The van der Waals surface area contributed by atoms with Crippen molar-refractivity contribution in [1.29, 1.82) is 0 Å². The lowest BCUT2D eigenvalue weighted by Gasteiger charge is -2.35. The molecule has 22 heteroatoms. The number of rotatable bonds is 18. The van der Waals surface area contributed by atoms with Gasteiger partial charge < -0.3 is 38.5 Å². The molecule has 4 aromatic rings. The Bertz CT molecular complexity index is 2850. The third-order valence-corrected chi connectivity index (χ3v) is 15.8. The zero-order chi connectivity index (χ0) is 67.3. The Morgan fingerprint density at radius 2 is 0.656 bits per heavy atom. The minimum atomic E-state index is -1.55. The average molecular weight is 1250 g/mol. The fraction of sp³-hybridized carbons (Fsp3) is 0.647. The van der Waals surface area contributed by atoms with Crippen LogP contribution in [0, 0.1) is 34.5 Å². The van der Waals surface area contributed by atoms with Gasteiger partial charge in [-0.2, -0.15) is 10.2 Å². The van der Waals surface area contributed by atoms with E-state index in [1.165, 1.54) is 64.5 Å². The van der Waals surface area contributed by atoms with Crippen molar-refractivity contribution in [2.24, 2.45) is 34.5 Å². The fourth-order valence-electron chi connectivity index (χ4n) is 10.9. The van der Waals surface area contributed by atoms with Gasteiger partial charge in [0, 0.05) is 53.9 Å². The second kappa shape index (κ2) is 32.0. The minimum Gasteiger partial charge on any atom is -0.451 e. The van der Waals surface area contributed by atoms with Gasteiger partial charge in [-0.25, -0.2) is 38.5 Å². The molecule has 4 amide bonds. The second-order valence-electron chi connectivity index (χ2n) is 28.6. The molecular formula is C68H102N10O12. The Balaban J connectivity index is 1.58. The molecule has 0 spiro atoms. The van der Waals surface area contributed by atoms with Crippen molar-refractivity contribution in [2.75, 3.05) is 28.2 Å². The van der Waals surface area contributed by atoms with Crippen LogP contribution in [0.2, 0.25) is 0 Å². The number of amides is 4. The van der Waals surface area contributed by atoms with Gasteiger partial charge in [0.2, 0.25) is 0 Å². The molecule has 3 heterocycles. The molecule has 8 atom stereocenters. The zero-order valence-corrected chi connectivity index (χ0v) is 57.1. The lowest BCUT2D eigenvalue weighted by atomic mass is 9.92. The van der Waals surface area contributed by atoms with Crippen LogP contribution < -0.4 is 0 Å². The van der Waals surface area contributed by atoms with Crippen LogP contribution in [0.3, 0.4) is 0 Å². The molecule has 0 unspecified atom stereocenters. The molecule has 0 aliphatic carbocycles. The molecule has 1 saturated heterocycles. The number of hydrogen-bond acceptors (Lipinski definition) is 16. The van der Waals surface area contributed by atoms with Crippen LogP contribution in [0.4, 0.5) is 0 Å². The van der Waals surface area contributed by atoms with Crippen molar-refractivity contribution in [2.45, 2.75) is 224 Å². The topological polar surface area (TPSA) is 248 Å². The fourth-order valence-corrected chi connectivity index (χ4v) is 10.9. The molecule has 2 aromatic carbocycles. The van der Waals surface area contributed by atoms with Gasteiger partial charge in [-0.3, -0.25) is 19.2 Å². The van der Waals surface area contributed by atoms with Crippen molar-refractivity contribution in [3.63, 3.8) is 0 Å². The van der Waals surface area contributed by atoms with Gasteiger partial charge in [0.1, 0.15) is 48.5 Å². The lowest BCUT2D eigenvalue weighted by molar-refractivity contribution is -0.176. The quantitative estimate of drug-likeness (QED) is 0.0674. The molecule has 5 rings (SSSR count). The predicted octanol–water partition coefficient (Wildman–Crippen LogP) is 8.12. The second-order valence-corrected chi connectivity index (χ2v) is 28.6. The monoisotopic (exact) mass is 1250 g/mol. The first-order chi connectivity index (χ1) is 41.9. The first-order valence-corrected chi connectivity index (χ1v) is 31.7. The third kappa shape index (κ3) is 21.3. The summed E-state index contributed by atoms with van der Waals surface area (Å²) in [6.45, 7) is 31.2. The van der Waals surface area contributed by atoms with Crippen LogP contribution in [-0.4, -0.2) is 173 Å². The summed E-state index contributed by atoms with van der Waals surface area (Å²) < 4.78 is 28.1. The van der Waals surface area contributed by atoms with Crippen LogP contribution in [0.15, 0.2) is 61.2 Å². The maximum absolute atomic E-state index is 15.2. The summed E-state index contributed by atoms with van der Waals surface area (Å²) in [7, 11) is 5.59. The Hall–Kier alpha value is -7.52. The Morgan fingerprint density at radius 1 is 0.400 bits per heavy atom. The largest absolute Gasteiger partial charge is 0.451 e. The zero-order valence-electron chi connectivity index (χ0n) is 57.1. The first-order valence-electron chi connectivity index (χ1n) is 31.7. The van der Waals surface area contributed by atoms with Gasteiger partial charge >= 0.3 is 23.9 Å². The van der Waals surface area contributed by atoms with E-state index < -0.39 is 96.1 Å². The van der Waals surface area contributed by atoms with Crippen LogP contribution >= 0.6 is 0 Å². The van der Waals surface area contributed by atoms with Crippen LogP contribution in [-0.2, 0) is 96.1 Å². The van der Waals surface area contributed by atoms with Gasteiger partial charge in [0.25, 0.3) is 23.6 Å². The molecule has 0 radical (unpaired) electrons. The van der Waals surface area contributed by atoms with Crippen LogP contribution in [0.1, 0.15) is 170 Å². The molecule has 0 bridgehead atoms. The van der Waals surface area contributed by atoms with E-state index in [9.17, 15) is 28.8 Å². The number of aromatic nitrogens is 6. The normalized spacial score (nSPS) is 22.4. The van der Waals surface area contributed by atoms with E-state index in [1.807, 2.05) is 113 Å². The molecule has 22 nitrogen and oxygen atoms in total. The summed E-state index contributed by atoms with van der Waals surface area (Å²) >= 11 is 0. The number of likely N-dealkylation sites (N-methyl/N-ethyl adjacent to an activating group) is 4. The van der Waals surface area contributed by atoms with E-state index in [1.54, 1.807) is 0 Å². The molecule has 2 aromatic heterocycles. The molecule has 1 aliphatic rings. The van der Waals surface area contributed by atoms with Crippen molar-refractivity contribution in [3.05, 3.63) is 95.1 Å². The van der Waals surface area contributed by atoms with E-state index in [4.69, 9.17) is 18.9 Å². The van der Waals surface area contributed by atoms with Crippen molar-refractivity contribution in [1.82, 2.24) is 49.1 Å². The minimum absolute atomic E-state index is 0.0321. The Labute approximate surface area is 533 Å². The maximum Gasteiger partial charge on any atom is 0.329 e. The van der Waals surface area contributed by atoms with Crippen molar-refractivity contribution < 1.29 is 57.3 Å². The third-order valence-electron chi connectivity index (χ3n) is 15.8. The van der Waals surface area contributed by atoms with Gasteiger partial charge in [-0.15, -0.1) is 0 Å². The number of nitrogens with zero attached hydrogens (tertiary/aromatic N) is 10. The molecule has 0 saturated carbocycles. The number of cyclic esters (lactones) is 4. The lowest BCUT2D eigenvalue weighted by Crippen LogP contribution is -2.55. The highest BCUT2D eigenvalue weighted by Crippen LogP contribution is 2.27. The van der Waals surface area contributed by atoms with Gasteiger partial charge in [0.15, 0.2) is 24.4 Å². The summed E-state index contributed by atoms with van der Waals surface area (Å²) in [6, 6.07) is 9.58. The number of carbonyl (C=O) groups excluding carboxylic acids is 8. The smallest absolute Gasteiger partial charge is 0.329 e. The van der Waals surface area contributed by atoms with E-state index in [0.717, 1.165) is 32.6 Å². The SMILES string of the molecule is CC(C)C[C@H]1C(=O)O[C@H](Cc2ccc(Cn3ncnc3CC(C)(C)C)cc2)C(=O)N(C)[C@@H](CC(C)C)C(=O)O[C@H](C)C(=O)N(C)[C@@H](CC(C)C)C(=O)O[C@H](Cc2ccc(Cn3ncnc3CC(C)(C)C)cc2)C(=O)N(C)[C@@H](CC(C)C)C(=O)O[C@H](C)C(=O)N1C. The Morgan fingerprint density at radius 3 is 0.922 bits per heavy atom. The van der Waals surface area contributed by atoms with Crippen molar-refractivity contribution >= 4 is 47.5 Å². The first kappa shape index (κ1) is 73.2. The van der Waals surface area contributed by atoms with Gasteiger partial charge in [-0.05, 0) is 96.3 Å². The summed E-state index contributed by atoms with van der Waals surface area (Å²) in [4.78, 5) is 132. The molecule has 496 valence electrons. The van der Waals surface area contributed by atoms with E-state index >= 15 is 9.59 Å². The number of ether oxygens (including phenoxy) is 4. The maximum atomic E-state index is 15.2. The summed E-state index contributed by atoms with van der Waals surface area (Å²) in [6.07, 6.45) is -1.66. The van der Waals surface area contributed by atoms with Crippen molar-refractivity contribution in [3.8, 4) is 0 Å². The Kier molecular flexibility index (Phi) is 26.0. The highest BCUT2D eigenvalue weighted by Gasteiger charge is 2.43. The van der Waals surface area contributed by atoms with E-state index in [0.29, 0.717) is 37.1 Å². The summed E-state index contributed by atoms with van der Waals surface area (Å²) in [5, 5.41) is 8.91. The molecular weight excluding hydrogens is 1150 g/mol.